The van der Waals surface area contributed by atoms with Crippen molar-refractivity contribution in [2.75, 3.05) is 37.6 Å². The first-order valence-corrected chi connectivity index (χ1v) is 11.1. The van der Waals surface area contributed by atoms with Crippen LogP contribution in [0.25, 0.3) is 0 Å². The summed E-state index contributed by atoms with van der Waals surface area (Å²) in [5.41, 5.74) is 2.15. The average molecular weight is 422 g/mol. The molecule has 0 atom stereocenters. The average Bonchev–Trinajstić information content (AvgIpc) is 3.05. The molecule has 1 fully saturated rings. The number of benzene rings is 2. The van der Waals surface area contributed by atoms with Crippen molar-refractivity contribution >= 4 is 5.82 Å². The standard InChI is InChI=1S/C26H29F2N3/c27-23-11-7-21(8-12-23)25(22-9-13-24(28)14-10-22)5-3-16-30-17-4-18-31(20-19-30)26-6-1-2-15-29-26/h1-2,6-15,25H,3-5,16-20H2. The molecular formula is C26H29F2N3. The lowest BCUT2D eigenvalue weighted by molar-refractivity contribution is 0.285. The number of hydrogen-bond donors (Lipinski definition) is 0. The summed E-state index contributed by atoms with van der Waals surface area (Å²) in [6.45, 7) is 5.14. The van der Waals surface area contributed by atoms with Gasteiger partial charge in [0.15, 0.2) is 0 Å². The third-order valence-electron chi connectivity index (χ3n) is 6.07. The van der Waals surface area contributed by atoms with E-state index in [1.807, 2.05) is 42.6 Å². The second-order valence-corrected chi connectivity index (χ2v) is 8.17. The SMILES string of the molecule is Fc1ccc(C(CCCN2CCCN(c3ccccn3)CC2)c2ccc(F)cc2)cc1. The zero-order valence-electron chi connectivity index (χ0n) is 17.8. The van der Waals surface area contributed by atoms with Gasteiger partial charge in [-0.15, -0.1) is 0 Å². The van der Waals surface area contributed by atoms with Crippen LogP contribution in [0, 0.1) is 11.6 Å². The molecule has 3 nitrogen and oxygen atoms in total. The van der Waals surface area contributed by atoms with Crippen LogP contribution in [0.2, 0.25) is 0 Å². The van der Waals surface area contributed by atoms with Crippen molar-refractivity contribution in [2.24, 2.45) is 0 Å². The summed E-state index contributed by atoms with van der Waals surface area (Å²) in [5, 5.41) is 0. The number of aromatic nitrogens is 1. The molecule has 162 valence electrons. The monoisotopic (exact) mass is 421 g/mol. The fourth-order valence-corrected chi connectivity index (χ4v) is 4.40. The summed E-state index contributed by atoms with van der Waals surface area (Å²) in [6, 6.07) is 19.5. The van der Waals surface area contributed by atoms with E-state index in [0.717, 1.165) is 68.9 Å². The Morgan fingerprint density at radius 2 is 1.45 bits per heavy atom. The molecule has 1 aliphatic rings. The predicted molar refractivity (Wildman–Crippen MR) is 121 cm³/mol. The lowest BCUT2D eigenvalue weighted by Crippen LogP contribution is -2.31. The molecule has 1 aliphatic heterocycles. The Labute approximate surface area is 183 Å². The van der Waals surface area contributed by atoms with Gasteiger partial charge in [-0.3, -0.25) is 0 Å². The molecule has 0 N–H and O–H groups in total. The molecule has 0 bridgehead atoms. The van der Waals surface area contributed by atoms with Crippen LogP contribution in [0.4, 0.5) is 14.6 Å². The fourth-order valence-electron chi connectivity index (χ4n) is 4.40. The van der Waals surface area contributed by atoms with Crippen molar-refractivity contribution in [1.29, 1.82) is 0 Å². The lowest BCUT2D eigenvalue weighted by atomic mass is 9.87. The second kappa shape index (κ2) is 10.5. The molecule has 1 saturated heterocycles. The van der Waals surface area contributed by atoms with Crippen LogP contribution >= 0.6 is 0 Å². The normalized spacial score (nSPS) is 15.3. The Bertz CT molecular complexity index is 884. The highest BCUT2D eigenvalue weighted by Crippen LogP contribution is 2.30. The number of halogens is 2. The molecule has 0 saturated carbocycles. The largest absolute Gasteiger partial charge is 0.355 e. The summed E-state index contributed by atoms with van der Waals surface area (Å²) >= 11 is 0. The van der Waals surface area contributed by atoms with Crippen molar-refractivity contribution in [3.8, 4) is 0 Å². The maximum atomic E-state index is 13.4. The smallest absolute Gasteiger partial charge is 0.128 e. The molecular weight excluding hydrogens is 392 g/mol. The minimum Gasteiger partial charge on any atom is -0.355 e. The minimum absolute atomic E-state index is 0.137. The highest BCUT2D eigenvalue weighted by molar-refractivity contribution is 5.37. The molecule has 4 rings (SSSR count). The van der Waals surface area contributed by atoms with E-state index in [0.29, 0.717) is 0 Å². The quantitative estimate of drug-likeness (QED) is 0.503. The first-order chi connectivity index (χ1) is 15.2. The molecule has 2 heterocycles. The second-order valence-electron chi connectivity index (χ2n) is 8.17. The van der Waals surface area contributed by atoms with Crippen LogP contribution in [-0.2, 0) is 0 Å². The first kappa shape index (κ1) is 21.4. The number of anilines is 1. The van der Waals surface area contributed by atoms with Gasteiger partial charge in [0.05, 0.1) is 0 Å². The lowest BCUT2D eigenvalue weighted by Gasteiger charge is -2.24. The van der Waals surface area contributed by atoms with Gasteiger partial charge >= 0.3 is 0 Å². The summed E-state index contributed by atoms with van der Waals surface area (Å²) in [5.74, 6) is 0.725. The van der Waals surface area contributed by atoms with Gasteiger partial charge in [0.2, 0.25) is 0 Å². The number of pyridine rings is 1. The molecule has 1 aromatic heterocycles. The van der Waals surface area contributed by atoms with Gasteiger partial charge in [-0.05, 0) is 79.9 Å². The summed E-state index contributed by atoms with van der Waals surface area (Å²) < 4.78 is 26.9. The fraction of sp³-hybridized carbons (Fsp3) is 0.346. The van der Waals surface area contributed by atoms with Crippen LogP contribution in [0.5, 0.6) is 0 Å². The number of nitrogens with zero attached hydrogens (tertiary/aromatic N) is 3. The first-order valence-electron chi connectivity index (χ1n) is 11.1. The molecule has 0 radical (unpaired) electrons. The molecule has 31 heavy (non-hydrogen) atoms. The highest BCUT2D eigenvalue weighted by Gasteiger charge is 2.18. The van der Waals surface area contributed by atoms with Gasteiger partial charge in [0.25, 0.3) is 0 Å². The van der Waals surface area contributed by atoms with Crippen molar-refractivity contribution in [3.05, 3.63) is 95.7 Å². The highest BCUT2D eigenvalue weighted by atomic mass is 19.1. The summed E-state index contributed by atoms with van der Waals surface area (Å²) in [4.78, 5) is 9.37. The van der Waals surface area contributed by atoms with E-state index in [9.17, 15) is 8.78 Å². The summed E-state index contributed by atoms with van der Waals surface area (Å²) in [7, 11) is 0. The topological polar surface area (TPSA) is 19.4 Å². The van der Waals surface area contributed by atoms with E-state index in [1.165, 1.54) is 24.3 Å². The van der Waals surface area contributed by atoms with Gasteiger partial charge in [0, 0.05) is 31.7 Å². The van der Waals surface area contributed by atoms with Gasteiger partial charge in [-0.25, -0.2) is 13.8 Å². The van der Waals surface area contributed by atoms with E-state index in [4.69, 9.17) is 0 Å². The Hall–Kier alpha value is -2.79. The number of hydrogen-bond acceptors (Lipinski definition) is 3. The van der Waals surface area contributed by atoms with Crippen molar-refractivity contribution < 1.29 is 8.78 Å². The zero-order valence-corrected chi connectivity index (χ0v) is 17.8. The molecule has 0 amide bonds. The van der Waals surface area contributed by atoms with Crippen LogP contribution in [0.3, 0.4) is 0 Å². The molecule has 0 spiro atoms. The van der Waals surface area contributed by atoms with Gasteiger partial charge < -0.3 is 9.80 Å². The zero-order chi connectivity index (χ0) is 21.5. The van der Waals surface area contributed by atoms with E-state index in [2.05, 4.69) is 20.9 Å². The van der Waals surface area contributed by atoms with Gasteiger partial charge in [0.1, 0.15) is 17.5 Å². The van der Waals surface area contributed by atoms with Crippen molar-refractivity contribution in [3.63, 3.8) is 0 Å². The maximum absolute atomic E-state index is 13.4. The molecule has 0 unspecified atom stereocenters. The Morgan fingerprint density at radius 3 is 2.06 bits per heavy atom. The van der Waals surface area contributed by atoms with Crippen LogP contribution in [0.15, 0.2) is 72.9 Å². The van der Waals surface area contributed by atoms with Gasteiger partial charge in [-0.2, -0.15) is 0 Å². The van der Waals surface area contributed by atoms with E-state index < -0.39 is 0 Å². The third-order valence-corrected chi connectivity index (χ3v) is 6.07. The van der Waals surface area contributed by atoms with E-state index in [1.54, 1.807) is 0 Å². The summed E-state index contributed by atoms with van der Waals surface area (Å²) in [6.07, 6.45) is 4.94. The van der Waals surface area contributed by atoms with Crippen LogP contribution in [-0.4, -0.2) is 42.6 Å². The van der Waals surface area contributed by atoms with Crippen molar-refractivity contribution in [2.45, 2.75) is 25.2 Å². The minimum atomic E-state index is -0.233. The third kappa shape index (κ3) is 5.88. The Morgan fingerprint density at radius 1 is 0.774 bits per heavy atom. The Balaban J connectivity index is 1.36. The number of rotatable bonds is 7. The molecule has 0 aliphatic carbocycles. The van der Waals surface area contributed by atoms with Crippen LogP contribution in [0.1, 0.15) is 36.3 Å². The molecule has 5 heteroatoms. The van der Waals surface area contributed by atoms with E-state index >= 15 is 0 Å². The van der Waals surface area contributed by atoms with Crippen molar-refractivity contribution in [1.82, 2.24) is 9.88 Å². The molecule has 3 aromatic rings. The van der Waals surface area contributed by atoms with Crippen LogP contribution < -0.4 is 4.90 Å². The van der Waals surface area contributed by atoms with Gasteiger partial charge in [-0.1, -0.05) is 30.3 Å². The molecule has 2 aromatic carbocycles. The Kier molecular flexibility index (Phi) is 7.26. The van der Waals surface area contributed by atoms with E-state index in [-0.39, 0.29) is 17.6 Å². The predicted octanol–water partition coefficient (Wildman–Crippen LogP) is 5.48. The maximum Gasteiger partial charge on any atom is 0.128 e.